The summed E-state index contributed by atoms with van der Waals surface area (Å²) in [5.74, 6) is 1.05. The van der Waals surface area contributed by atoms with E-state index < -0.39 is 6.04 Å². The summed E-state index contributed by atoms with van der Waals surface area (Å²) >= 11 is 5.79. The lowest BCUT2D eigenvalue weighted by molar-refractivity contribution is -0.122. The van der Waals surface area contributed by atoms with E-state index in [1.54, 1.807) is 49.2 Å². The largest absolute Gasteiger partial charge is 0.490 e. The number of anilines is 2. The van der Waals surface area contributed by atoms with Crippen LogP contribution in [-0.4, -0.2) is 54.5 Å². The predicted octanol–water partition coefficient (Wildman–Crippen LogP) is 3.43. The number of carbonyl (C=O) groups excluding carboxylic acids is 2. The Morgan fingerprint density at radius 1 is 1.10 bits per heavy atom. The van der Waals surface area contributed by atoms with E-state index in [9.17, 15) is 9.59 Å². The van der Waals surface area contributed by atoms with Gasteiger partial charge < -0.3 is 20.1 Å². The van der Waals surface area contributed by atoms with Crippen LogP contribution in [0.15, 0.2) is 36.5 Å². The summed E-state index contributed by atoms with van der Waals surface area (Å²) < 4.78 is 11.1. The van der Waals surface area contributed by atoms with E-state index in [1.165, 1.54) is 6.20 Å². The second-order valence-corrected chi connectivity index (χ2v) is 6.95. The minimum Gasteiger partial charge on any atom is -0.490 e. The Morgan fingerprint density at radius 2 is 1.80 bits per heavy atom. The van der Waals surface area contributed by atoms with Gasteiger partial charge in [-0.3, -0.25) is 14.5 Å². The number of pyridine rings is 1. The topological polar surface area (TPSA) is 92.8 Å². The molecule has 0 saturated carbocycles. The summed E-state index contributed by atoms with van der Waals surface area (Å²) in [5, 5.41) is 6.00. The van der Waals surface area contributed by atoms with Crippen molar-refractivity contribution in [3.05, 3.63) is 41.6 Å². The highest BCUT2D eigenvalue weighted by Crippen LogP contribution is 2.30. The third-order valence-corrected chi connectivity index (χ3v) is 4.46. The zero-order chi connectivity index (χ0) is 22.1. The van der Waals surface area contributed by atoms with E-state index in [-0.39, 0.29) is 18.4 Å². The molecule has 0 fully saturated rings. The summed E-state index contributed by atoms with van der Waals surface area (Å²) in [6.45, 7) is 6.50. The maximum atomic E-state index is 12.4. The number of amides is 2. The van der Waals surface area contributed by atoms with Crippen LogP contribution in [0.3, 0.4) is 0 Å². The van der Waals surface area contributed by atoms with Crippen LogP contribution in [0.1, 0.15) is 20.8 Å². The molecule has 1 atom stereocenters. The molecule has 2 rings (SSSR count). The van der Waals surface area contributed by atoms with Crippen molar-refractivity contribution in [2.75, 3.05) is 37.4 Å². The monoisotopic (exact) mass is 434 g/mol. The minimum atomic E-state index is -0.549. The Balaban J connectivity index is 1.93. The zero-order valence-corrected chi connectivity index (χ0v) is 18.3. The first-order chi connectivity index (χ1) is 14.3. The van der Waals surface area contributed by atoms with Crippen LogP contribution in [0.2, 0.25) is 5.02 Å². The first kappa shape index (κ1) is 23.4. The van der Waals surface area contributed by atoms with Crippen molar-refractivity contribution >= 4 is 34.9 Å². The Bertz CT molecular complexity index is 861. The Kier molecular flexibility index (Phi) is 8.89. The van der Waals surface area contributed by atoms with Gasteiger partial charge in [-0.05, 0) is 52.1 Å². The molecular weight excluding hydrogens is 408 g/mol. The molecule has 1 heterocycles. The molecule has 2 N–H and O–H groups in total. The van der Waals surface area contributed by atoms with Crippen molar-refractivity contribution in [3.63, 3.8) is 0 Å². The van der Waals surface area contributed by atoms with Crippen LogP contribution in [-0.2, 0) is 9.59 Å². The summed E-state index contributed by atoms with van der Waals surface area (Å²) in [5.41, 5.74) is 0.586. The lowest BCUT2D eigenvalue weighted by Crippen LogP contribution is -2.43. The van der Waals surface area contributed by atoms with Gasteiger partial charge in [0.15, 0.2) is 11.5 Å². The number of benzene rings is 1. The smallest absolute Gasteiger partial charge is 0.242 e. The van der Waals surface area contributed by atoms with Gasteiger partial charge in [0.05, 0.1) is 30.8 Å². The highest BCUT2D eigenvalue weighted by molar-refractivity contribution is 6.30. The number of hydrogen-bond donors (Lipinski definition) is 2. The molecule has 1 unspecified atom stereocenters. The van der Waals surface area contributed by atoms with Crippen molar-refractivity contribution in [1.29, 1.82) is 0 Å². The zero-order valence-electron chi connectivity index (χ0n) is 17.6. The number of nitrogens with zero attached hydrogens (tertiary/aromatic N) is 2. The number of ether oxygens (including phenoxy) is 2. The lowest BCUT2D eigenvalue weighted by atomic mass is 10.2. The normalized spacial score (nSPS) is 11.7. The van der Waals surface area contributed by atoms with Gasteiger partial charge in [0.2, 0.25) is 11.8 Å². The summed E-state index contributed by atoms with van der Waals surface area (Å²) in [4.78, 5) is 30.5. The molecule has 0 spiro atoms. The Labute approximate surface area is 181 Å². The average Bonchev–Trinajstić information content (AvgIpc) is 2.71. The van der Waals surface area contributed by atoms with Gasteiger partial charge in [-0.2, -0.15) is 0 Å². The number of aromatic nitrogens is 1. The maximum absolute atomic E-state index is 12.4. The SMILES string of the molecule is CCOc1ccc(NC(=O)CN(C)C(C)C(=O)Nc2ccc(Cl)cn2)cc1OCC. The van der Waals surface area contributed by atoms with Crippen molar-refractivity contribution in [3.8, 4) is 11.5 Å². The molecule has 162 valence electrons. The number of rotatable bonds is 10. The Morgan fingerprint density at radius 3 is 2.43 bits per heavy atom. The average molecular weight is 435 g/mol. The van der Waals surface area contributed by atoms with Crippen molar-refractivity contribution in [2.24, 2.45) is 0 Å². The molecule has 0 aliphatic heterocycles. The first-order valence-corrected chi connectivity index (χ1v) is 10.0. The second kappa shape index (κ2) is 11.4. The van der Waals surface area contributed by atoms with Crippen molar-refractivity contribution < 1.29 is 19.1 Å². The highest BCUT2D eigenvalue weighted by atomic mass is 35.5. The first-order valence-electron chi connectivity index (χ1n) is 9.66. The van der Waals surface area contributed by atoms with Crippen LogP contribution >= 0.6 is 11.6 Å². The van der Waals surface area contributed by atoms with Crippen molar-refractivity contribution in [1.82, 2.24) is 9.88 Å². The Hall–Kier alpha value is -2.84. The highest BCUT2D eigenvalue weighted by Gasteiger charge is 2.21. The molecule has 0 bridgehead atoms. The van der Waals surface area contributed by atoms with Gasteiger partial charge in [0.1, 0.15) is 5.82 Å². The van der Waals surface area contributed by atoms with Gasteiger partial charge >= 0.3 is 0 Å². The standard InChI is InChI=1S/C21H27ClN4O4/c1-5-29-17-9-8-16(11-18(17)30-6-2)24-20(27)13-26(4)14(3)21(28)25-19-10-7-15(22)12-23-19/h7-12,14H,5-6,13H2,1-4H3,(H,24,27)(H,23,25,28). The van der Waals surface area contributed by atoms with Crippen LogP contribution in [0, 0.1) is 0 Å². The van der Waals surface area contributed by atoms with Crippen LogP contribution in [0.5, 0.6) is 11.5 Å². The van der Waals surface area contributed by atoms with E-state index in [4.69, 9.17) is 21.1 Å². The summed E-state index contributed by atoms with van der Waals surface area (Å²) in [6, 6.07) is 7.92. The molecule has 1 aromatic heterocycles. The molecular formula is C21H27ClN4O4. The molecule has 0 aliphatic rings. The van der Waals surface area contributed by atoms with Crippen LogP contribution in [0.4, 0.5) is 11.5 Å². The summed E-state index contributed by atoms with van der Waals surface area (Å²) in [6.07, 6.45) is 1.45. The van der Waals surface area contributed by atoms with E-state index >= 15 is 0 Å². The number of halogens is 1. The van der Waals surface area contributed by atoms with Gasteiger partial charge in [-0.25, -0.2) is 4.98 Å². The number of likely N-dealkylation sites (N-methyl/N-ethyl adjacent to an activating group) is 1. The molecule has 8 nitrogen and oxygen atoms in total. The molecule has 2 amide bonds. The molecule has 0 radical (unpaired) electrons. The third kappa shape index (κ3) is 6.89. The van der Waals surface area contributed by atoms with Crippen LogP contribution < -0.4 is 20.1 Å². The van der Waals surface area contributed by atoms with Gasteiger partial charge in [0.25, 0.3) is 0 Å². The number of nitrogens with one attached hydrogen (secondary N) is 2. The van der Waals surface area contributed by atoms with Gasteiger partial charge in [0, 0.05) is 18.0 Å². The molecule has 0 aliphatic carbocycles. The molecule has 0 saturated heterocycles. The molecule has 30 heavy (non-hydrogen) atoms. The number of hydrogen-bond acceptors (Lipinski definition) is 6. The number of carbonyl (C=O) groups is 2. The maximum Gasteiger partial charge on any atom is 0.242 e. The third-order valence-electron chi connectivity index (χ3n) is 4.24. The van der Waals surface area contributed by atoms with E-state index in [1.807, 2.05) is 13.8 Å². The quantitative estimate of drug-likeness (QED) is 0.595. The molecule has 2 aromatic rings. The van der Waals surface area contributed by atoms with E-state index in [0.717, 1.165) is 0 Å². The second-order valence-electron chi connectivity index (χ2n) is 6.52. The fourth-order valence-corrected chi connectivity index (χ4v) is 2.69. The molecule has 9 heteroatoms. The van der Waals surface area contributed by atoms with E-state index in [2.05, 4.69) is 15.6 Å². The molecule has 1 aromatic carbocycles. The van der Waals surface area contributed by atoms with E-state index in [0.29, 0.717) is 41.2 Å². The van der Waals surface area contributed by atoms with Crippen LogP contribution in [0.25, 0.3) is 0 Å². The van der Waals surface area contributed by atoms with Gasteiger partial charge in [-0.1, -0.05) is 11.6 Å². The van der Waals surface area contributed by atoms with Gasteiger partial charge in [-0.15, -0.1) is 0 Å². The van der Waals surface area contributed by atoms with Crippen molar-refractivity contribution in [2.45, 2.75) is 26.8 Å². The lowest BCUT2D eigenvalue weighted by Gasteiger charge is -2.23. The minimum absolute atomic E-state index is 0.0276. The fourth-order valence-electron chi connectivity index (χ4n) is 2.57. The summed E-state index contributed by atoms with van der Waals surface area (Å²) in [7, 11) is 1.70. The fraction of sp³-hybridized carbons (Fsp3) is 0.381. The predicted molar refractivity (Wildman–Crippen MR) is 117 cm³/mol.